The third kappa shape index (κ3) is 6.98. The minimum atomic E-state index is -0.960. The Kier molecular flexibility index (Phi) is 8.51. The number of nitrogens with zero attached hydrogens (tertiary/aromatic N) is 2. The van der Waals surface area contributed by atoms with Crippen molar-refractivity contribution in [1.29, 1.82) is 0 Å². The van der Waals surface area contributed by atoms with E-state index in [1.54, 1.807) is 30.5 Å². The van der Waals surface area contributed by atoms with Crippen molar-refractivity contribution in [1.82, 2.24) is 15.3 Å². The molecule has 1 unspecified atom stereocenters. The van der Waals surface area contributed by atoms with Gasteiger partial charge in [0.2, 0.25) is 0 Å². The van der Waals surface area contributed by atoms with E-state index in [0.29, 0.717) is 39.6 Å². The van der Waals surface area contributed by atoms with Gasteiger partial charge in [-0.15, -0.1) is 0 Å². The molecule has 2 aromatic heterocycles. The first-order valence-corrected chi connectivity index (χ1v) is 15.8. The summed E-state index contributed by atoms with van der Waals surface area (Å²) in [5.74, 6) is 3.49. The number of furan rings is 1. The van der Waals surface area contributed by atoms with E-state index < -0.39 is 10.8 Å². The van der Waals surface area contributed by atoms with E-state index in [4.69, 9.17) is 20.8 Å². The van der Waals surface area contributed by atoms with Crippen molar-refractivity contribution in [2.75, 3.05) is 23.9 Å². The number of hydrogen-bond donors (Lipinski definition) is 2. The number of fused-ring (bicyclic) bond motifs is 1. The van der Waals surface area contributed by atoms with Crippen LogP contribution >= 0.6 is 11.6 Å². The molecule has 0 spiro atoms. The Morgan fingerprint density at radius 3 is 2.76 bits per heavy atom. The summed E-state index contributed by atoms with van der Waals surface area (Å²) in [5.41, 5.74) is 3.09. The third-order valence-electron chi connectivity index (χ3n) is 7.12. The number of nitrogens with one attached hydrogen (secondary N) is 2. The van der Waals surface area contributed by atoms with Crippen molar-refractivity contribution >= 4 is 44.8 Å². The molecule has 1 fully saturated rings. The van der Waals surface area contributed by atoms with Crippen LogP contribution in [-0.4, -0.2) is 32.7 Å². The minimum absolute atomic E-state index is 0.100. The van der Waals surface area contributed by atoms with Crippen molar-refractivity contribution in [3.63, 3.8) is 0 Å². The molecule has 2 atom stereocenters. The van der Waals surface area contributed by atoms with Gasteiger partial charge in [-0.05, 0) is 91.5 Å². The highest BCUT2D eigenvalue weighted by Gasteiger charge is 2.25. The number of hydrogen-bond acceptors (Lipinski definition) is 7. The first kappa shape index (κ1) is 28.3. The maximum atomic E-state index is 13.5. The summed E-state index contributed by atoms with van der Waals surface area (Å²) in [4.78, 5) is 8.90. The van der Waals surface area contributed by atoms with Gasteiger partial charge in [0, 0.05) is 39.4 Å². The molecule has 1 aliphatic rings. The zero-order valence-electron chi connectivity index (χ0n) is 23.0. The molecule has 0 amide bonds. The Balaban J connectivity index is 1.20. The van der Waals surface area contributed by atoms with E-state index in [-0.39, 0.29) is 18.5 Å². The van der Waals surface area contributed by atoms with Gasteiger partial charge in [-0.25, -0.2) is 14.4 Å². The highest BCUT2D eigenvalue weighted by molar-refractivity contribution is 7.84. The van der Waals surface area contributed by atoms with Crippen LogP contribution in [0.25, 0.3) is 22.2 Å². The van der Waals surface area contributed by atoms with Crippen molar-refractivity contribution in [3.8, 4) is 17.1 Å². The molecule has 6 rings (SSSR count). The van der Waals surface area contributed by atoms with Crippen LogP contribution < -0.4 is 15.4 Å². The van der Waals surface area contributed by atoms with E-state index in [0.717, 1.165) is 34.5 Å². The van der Waals surface area contributed by atoms with Gasteiger partial charge in [0.1, 0.15) is 41.8 Å². The number of ether oxygens (including phenoxy) is 1. The van der Waals surface area contributed by atoms with Gasteiger partial charge in [-0.1, -0.05) is 23.7 Å². The first-order valence-electron chi connectivity index (χ1n) is 13.7. The van der Waals surface area contributed by atoms with Crippen LogP contribution in [0, 0.1) is 11.7 Å². The van der Waals surface area contributed by atoms with Crippen LogP contribution in [-0.2, 0) is 17.4 Å². The number of benzene rings is 3. The van der Waals surface area contributed by atoms with Gasteiger partial charge in [-0.3, -0.25) is 4.21 Å². The van der Waals surface area contributed by atoms with Crippen molar-refractivity contribution in [2.45, 2.75) is 25.5 Å². The molecular formula is C32H30ClFN4O3S. The third-order valence-corrected chi connectivity index (χ3v) is 8.22. The molecule has 0 radical (unpaired) electrons. The molecule has 10 heteroatoms. The van der Waals surface area contributed by atoms with Crippen LogP contribution in [0.5, 0.6) is 5.75 Å². The summed E-state index contributed by atoms with van der Waals surface area (Å²) < 4.78 is 37.6. The van der Waals surface area contributed by atoms with Crippen LogP contribution in [0.3, 0.4) is 0 Å². The summed E-state index contributed by atoms with van der Waals surface area (Å²) in [6, 6.07) is 21.3. The van der Waals surface area contributed by atoms with Crippen LogP contribution in [0.4, 0.5) is 15.9 Å². The second kappa shape index (κ2) is 12.6. The molecule has 0 bridgehead atoms. The molecule has 5 aromatic rings. The Hall–Kier alpha value is -3.79. The number of halogens is 2. The van der Waals surface area contributed by atoms with Gasteiger partial charge < -0.3 is 19.8 Å². The predicted molar refractivity (Wildman–Crippen MR) is 165 cm³/mol. The summed E-state index contributed by atoms with van der Waals surface area (Å²) in [6.45, 7) is 1.11. The lowest BCUT2D eigenvalue weighted by molar-refractivity contribution is 0.306. The first-order chi connectivity index (χ1) is 20.4. The Bertz CT molecular complexity index is 1740. The molecule has 2 heterocycles. The molecule has 3 aromatic carbocycles. The number of rotatable bonds is 12. The van der Waals surface area contributed by atoms with E-state index in [1.165, 1.54) is 31.3 Å². The summed E-state index contributed by atoms with van der Waals surface area (Å²) >= 11 is 6.51. The SMILES string of the molecule is C[S@@](=O)CC(NCC1CC1)c1ccc(-c2ccc3ncnc(Nc4ccc(OCc5cccc(F)c5)c(Cl)c4)c3c2)o1. The molecular weight excluding hydrogens is 575 g/mol. The molecule has 1 aliphatic carbocycles. The maximum Gasteiger partial charge on any atom is 0.141 e. The largest absolute Gasteiger partial charge is 0.487 e. The number of aromatic nitrogens is 2. The van der Waals surface area contributed by atoms with Gasteiger partial charge >= 0.3 is 0 Å². The highest BCUT2D eigenvalue weighted by atomic mass is 35.5. The van der Waals surface area contributed by atoms with Gasteiger partial charge in [0.15, 0.2) is 0 Å². The smallest absolute Gasteiger partial charge is 0.141 e. The standard InChI is InChI=1S/C32H30ClFN4O3S/c1-42(39)18-28(35-16-20-5-6-20)31-12-11-29(41-31)22-7-9-27-25(14-22)32(37-19-36-27)38-24-8-10-30(26(33)15-24)40-17-21-3-2-4-23(34)13-21/h2-4,7-15,19-20,28,35H,5-6,16-18H2,1H3,(H,36,37,38)/t28?,42-/m1/s1. The lowest BCUT2D eigenvalue weighted by Crippen LogP contribution is -2.27. The Morgan fingerprint density at radius 2 is 1.98 bits per heavy atom. The zero-order valence-corrected chi connectivity index (χ0v) is 24.6. The van der Waals surface area contributed by atoms with E-state index in [2.05, 4.69) is 20.6 Å². The van der Waals surface area contributed by atoms with Crippen molar-refractivity contribution in [2.24, 2.45) is 5.92 Å². The predicted octanol–water partition coefficient (Wildman–Crippen LogP) is 7.42. The maximum absolute atomic E-state index is 13.5. The van der Waals surface area contributed by atoms with Crippen LogP contribution in [0.1, 0.15) is 30.2 Å². The lowest BCUT2D eigenvalue weighted by Gasteiger charge is -2.15. The molecule has 42 heavy (non-hydrogen) atoms. The zero-order chi connectivity index (χ0) is 29.1. The molecule has 7 nitrogen and oxygen atoms in total. The monoisotopic (exact) mass is 604 g/mol. The van der Waals surface area contributed by atoms with Gasteiger partial charge in [-0.2, -0.15) is 0 Å². The number of anilines is 2. The molecule has 0 aliphatic heterocycles. The van der Waals surface area contributed by atoms with E-state index in [1.807, 2.05) is 36.4 Å². The summed E-state index contributed by atoms with van der Waals surface area (Å²) in [6.07, 6.45) is 5.71. The fourth-order valence-electron chi connectivity index (χ4n) is 4.73. The van der Waals surface area contributed by atoms with Crippen LogP contribution in [0.15, 0.2) is 83.5 Å². The lowest BCUT2D eigenvalue weighted by atomic mass is 10.1. The molecule has 216 valence electrons. The van der Waals surface area contributed by atoms with Crippen molar-refractivity contribution < 1.29 is 17.8 Å². The van der Waals surface area contributed by atoms with Crippen molar-refractivity contribution in [3.05, 3.63) is 101 Å². The molecule has 2 N–H and O–H groups in total. The Labute approximate surface area is 250 Å². The molecule has 0 saturated heterocycles. The highest BCUT2D eigenvalue weighted by Crippen LogP contribution is 2.34. The second-order valence-electron chi connectivity index (χ2n) is 10.5. The normalized spacial score (nSPS) is 14.5. The van der Waals surface area contributed by atoms with Gasteiger partial charge in [0.25, 0.3) is 0 Å². The van der Waals surface area contributed by atoms with E-state index in [9.17, 15) is 8.60 Å². The summed E-state index contributed by atoms with van der Waals surface area (Å²) in [7, 11) is -0.960. The average Bonchev–Trinajstić information content (AvgIpc) is 3.68. The second-order valence-corrected chi connectivity index (χ2v) is 12.4. The quantitative estimate of drug-likeness (QED) is 0.153. The van der Waals surface area contributed by atoms with Crippen LogP contribution in [0.2, 0.25) is 5.02 Å². The fraction of sp³-hybridized carbons (Fsp3) is 0.250. The van der Waals surface area contributed by atoms with E-state index >= 15 is 0 Å². The summed E-state index contributed by atoms with van der Waals surface area (Å²) in [5, 5.41) is 8.10. The Morgan fingerprint density at radius 1 is 1.10 bits per heavy atom. The average molecular weight is 605 g/mol. The topological polar surface area (TPSA) is 89.3 Å². The fourth-order valence-corrected chi connectivity index (χ4v) is 5.72. The van der Waals surface area contributed by atoms with Gasteiger partial charge in [0.05, 0.1) is 16.6 Å². The minimum Gasteiger partial charge on any atom is -0.487 e. The molecule has 1 saturated carbocycles.